The Labute approximate surface area is 221 Å². The summed E-state index contributed by atoms with van der Waals surface area (Å²) >= 11 is 0. The fourth-order valence-corrected chi connectivity index (χ4v) is 3.80. The molecule has 37 heavy (non-hydrogen) atoms. The highest BCUT2D eigenvalue weighted by atomic mass is 16.3. The molecule has 4 N–H and O–H groups in total. The number of phenols is 1. The van der Waals surface area contributed by atoms with Crippen LogP contribution in [0.2, 0.25) is 0 Å². The summed E-state index contributed by atoms with van der Waals surface area (Å²) < 4.78 is 0. The summed E-state index contributed by atoms with van der Waals surface area (Å²) in [5.74, 6) is -0.316. The highest BCUT2D eigenvalue weighted by molar-refractivity contribution is 6.01. The number of aryl methyl sites for hydroxylation is 1. The van der Waals surface area contributed by atoms with Crippen LogP contribution in [0.25, 0.3) is 0 Å². The summed E-state index contributed by atoms with van der Waals surface area (Å²) in [6, 6.07) is 10.4. The molecular weight excluding hydrogens is 466 g/mol. The summed E-state index contributed by atoms with van der Waals surface area (Å²) in [4.78, 5) is 31.5. The van der Waals surface area contributed by atoms with Gasteiger partial charge in [-0.1, -0.05) is 25.5 Å². The largest absolute Gasteiger partial charge is 0.506 e. The second-order valence-corrected chi connectivity index (χ2v) is 10.9. The van der Waals surface area contributed by atoms with Gasteiger partial charge in [0.05, 0.1) is 5.54 Å². The number of aromatic hydroxyl groups is 1. The molecule has 2 amide bonds. The number of amides is 2. The van der Waals surface area contributed by atoms with Gasteiger partial charge in [-0.25, -0.2) is 10.0 Å². The summed E-state index contributed by atoms with van der Waals surface area (Å²) in [6.45, 7) is 17.5. The van der Waals surface area contributed by atoms with Gasteiger partial charge < -0.3 is 15.7 Å². The predicted molar refractivity (Wildman–Crippen MR) is 150 cm³/mol. The Morgan fingerprint density at radius 2 is 1.65 bits per heavy atom. The van der Waals surface area contributed by atoms with Crippen molar-refractivity contribution in [1.29, 1.82) is 0 Å². The second-order valence-electron chi connectivity index (χ2n) is 10.9. The normalized spacial score (nSPS) is 11.3. The van der Waals surface area contributed by atoms with Crippen LogP contribution in [0.4, 0.5) is 5.69 Å². The molecule has 0 saturated heterocycles. The first-order valence-corrected chi connectivity index (χ1v) is 12.9. The molecule has 0 fully saturated rings. The number of benzene rings is 2. The van der Waals surface area contributed by atoms with Crippen LogP contribution in [0.1, 0.15) is 93.7 Å². The maximum atomic E-state index is 13.7. The number of nitrogens with one attached hydrogen (secondary N) is 3. The third kappa shape index (κ3) is 8.23. The molecule has 0 aliphatic heterocycles. The van der Waals surface area contributed by atoms with Gasteiger partial charge in [0, 0.05) is 23.2 Å². The van der Waals surface area contributed by atoms with Crippen molar-refractivity contribution >= 4 is 23.5 Å². The highest BCUT2D eigenvalue weighted by Gasteiger charge is 2.30. The Morgan fingerprint density at radius 3 is 2.19 bits per heavy atom. The van der Waals surface area contributed by atoms with Crippen LogP contribution in [0.15, 0.2) is 41.4 Å². The third-order valence-corrected chi connectivity index (χ3v) is 5.60. The van der Waals surface area contributed by atoms with E-state index in [2.05, 4.69) is 28.0 Å². The molecule has 0 spiro atoms. The van der Waals surface area contributed by atoms with E-state index in [1.165, 1.54) is 23.2 Å². The molecule has 2 aromatic carbocycles. The molecule has 2 aromatic rings. The zero-order chi connectivity index (χ0) is 27.9. The lowest BCUT2D eigenvalue weighted by Crippen LogP contribution is -2.56. The molecule has 2 rings (SSSR count). The van der Waals surface area contributed by atoms with E-state index in [1.54, 1.807) is 6.07 Å². The van der Waals surface area contributed by atoms with Gasteiger partial charge in [-0.2, -0.15) is 0 Å². The van der Waals surface area contributed by atoms with Gasteiger partial charge >= 0.3 is 0 Å². The standard InChI is InChI=1S/C29H43N5O3/c1-10-12-21-13-11-14-23(20(21)6)26(36)33-34(29(7,8)9)27(37)22-15-16-25(35)24(17-22)32-28(30-18(2)3)31-19(4)5/h11,13-19,35H,10,12H2,1-9H3,(H,33,36)(H2,30,31,32). The van der Waals surface area contributed by atoms with E-state index >= 15 is 0 Å². The molecule has 0 radical (unpaired) electrons. The molecule has 0 heterocycles. The molecular formula is C29H43N5O3. The van der Waals surface area contributed by atoms with Gasteiger partial charge in [-0.05, 0) is 97.2 Å². The maximum Gasteiger partial charge on any atom is 0.272 e. The zero-order valence-electron chi connectivity index (χ0n) is 23.7. The van der Waals surface area contributed by atoms with Gasteiger partial charge in [0.1, 0.15) is 11.4 Å². The van der Waals surface area contributed by atoms with E-state index in [0.717, 1.165) is 24.0 Å². The summed E-state index contributed by atoms with van der Waals surface area (Å²) in [6.07, 6.45) is 1.86. The fraction of sp³-hybridized carbons (Fsp3) is 0.483. The summed E-state index contributed by atoms with van der Waals surface area (Å²) in [5, 5.41) is 18.2. The molecule has 202 valence electrons. The number of rotatable bonds is 7. The number of aliphatic imine (C=N–C) groups is 1. The van der Waals surface area contributed by atoms with E-state index in [4.69, 9.17) is 0 Å². The molecule has 8 nitrogen and oxygen atoms in total. The van der Waals surface area contributed by atoms with E-state index in [-0.39, 0.29) is 35.0 Å². The Bertz CT molecular complexity index is 1120. The smallest absolute Gasteiger partial charge is 0.272 e. The summed E-state index contributed by atoms with van der Waals surface area (Å²) in [5.41, 5.74) is 5.21. The van der Waals surface area contributed by atoms with Crippen LogP contribution < -0.4 is 16.1 Å². The minimum atomic E-state index is -0.716. The lowest BCUT2D eigenvalue weighted by molar-refractivity contribution is 0.0358. The van der Waals surface area contributed by atoms with Crippen LogP contribution in [0.3, 0.4) is 0 Å². The highest BCUT2D eigenvalue weighted by Crippen LogP contribution is 2.29. The average Bonchev–Trinajstić information content (AvgIpc) is 2.78. The Balaban J connectivity index is 2.43. The third-order valence-electron chi connectivity index (χ3n) is 5.60. The van der Waals surface area contributed by atoms with Crippen LogP contribution in [0, 0.1) is 6.92 Å². The van der Waals surface area contributed by atoms with E-state index in [1.807, 2.05) is 67.5 Å². The number of carbonyl (C=O) groups excluding carboxylic acids is 2. The van der Waals surface area contributed by atoms with Crippen molar-refractivity contribution in [2.45, 2.75) is 92.8 Å². The van der Waals surface area contributed by atoms with Crippen molar-refractivity contribution in [1.82, 2.24) is 21.1 Å². The van der Waals surface area contributed by atoms with Crippen molar-refractivity contribution in [2.75, 3.05) is 0 Å². The SMILES string of the molecule is CCCc1cccc(C(=O)NN(C(=O)c2ccc(O)c(N=C(NC(C)C)NC(C)C)c2)C(C)(C)C)c1C. The van der Waals surface area contributed by atoms with E-state index in [0.29, 0.717) is 11.5 Å². The monoisotopic (exact) mass is 509 g/mol. The predicted octanol–water partition coefficient (Wildman–Crippen LogP) is 5.22. The van der Waals surface area contributed by atoms with Gasteiger partial charge in [0.2, 0.25) is 0 Å². The molecule has 0 saturated carbocycles. The molecule has 0 aliphatic rings. The zero-order valence-corrected chi connectivity index (χ0v) is 23.7. The quantitative estimate of drug-likeness (QED) is 0.233. The molecule has 0 aromatic heterocycles. The minimum Gasteiger partial charge on any atom is -0.506 e. The topological polar surface area (TPSA) is 106 Å². The van der Waals surface area contributed by atoms with Crippen molar-refractivity contribution < 1.29 is 14.7 Å². The van der Waals surface area contributed by atoms with Crippen LogP contribution >= 0.6 is 0 Å². The fourth-order valence-electron chi connectivity index (χ4n) is 3.80. The number of phenolic OH excluding ortho intramolecular Hbond substituents is 1. The first-order chi connectivity index (χ1) is 17.2. The number of guanidine groups is 1. The van der Waals surface area contributed by atoms with E-state index in [9.17, 15) is 14.7 Å². The first kappa shape index (κ1) is 29.7. The van der Waals surface area contributed by atoms with Crippen LogP contribution in [0.5, 0.6) is 5.75 Å². The van der Waals surface area contributed by atoms with Crippen molar-refractivity contribution in [3.63, 3.8) is 0 Å². The van der Waals surface area contributed by atoms with Crippen molar-refractivity contribution in [3.8, 4) is 5.75 Å². The van der Waals surface area contributed by atoms with Gasteiger partial charge in [-0.15, -0.1) is 0 Å². The molecule has 0 bridgehead atoms. The number of hydrogen-bond acceptors (Lipinski definition) is 4. The Hall–Kier alpha value is -3.55. The maximum absolute atomic E-state index is 13.7. The number of nitrogens with zero attached hydrogens (tertiary/aromatic N) is 2. The Morgan fingerprint density at radius 1 is 1.03 bits per heavy atom. The van der Waals surface area contributed by atoms with Gasteiger partial charge in [0.15, 0.2) is 5.96 Å². The van der Waals surface area contributed by atoms with Crippen molar-refractivity contribution in [3.05, 3.63) is 58.7 Å². The molecule has 0 aliphatic carbocycles. The average molecular weight is 510 g/mol. The minimum absolute atomic E-state index is 0.0557. The van der Waals surface area contributed by atoms with Crippen LogP contribution in [-0.4, -0.2) is 45.5 Å². The molecule has 0 unspecified atom stereocenters. The molecule has 8 heteroatoms. The second kappa shape index (κ2) is 12.6. The van der Waals surface area contributed by atoms with E-state index < -0.39 is 11.4 Å². The van der Waals surface area contributed by atoms with Gasteiger partial charge in [-0.3, -0.25) is 15.0 Å². The lowest BCUT2D eigenvalue weighted by Gasteiger charge is -2.35. The van der Waals surface area contributed by atoms with Crippen molar-refractivity contribution in [2.24, 2.45) is 4.99 Å². The summed E-state index contributed by atoms with van der Waals surface area (Å²) in [7, 11) is 0. The first-order valence-electron chi connectivity index (χ1n) is 12.9. The Kier molecular flexibility index (Phi) is 10.1. The van der Waals surface area contributed by atoms with Crippen LogP contribution in [-0.2, 0) is 6.42 Å². The number of hydrazine groups is 1. The lowest BCUT2D eigenvalue weighted by atomic mass is 9.98. The molecule has 0 atom stereocenters. The number of carbonyl (C=O) groups is 2. The number of hydrogen-bond donors (Lipinski definition) is 4. The van der Waals surface area contributed by atoms with Gasteiger partial charge in [0.25, 0.3) is 11.8 Å².